The average Bonchev–Trinajstić information content (AvgIpc) is 2.89. The van der Waals surface area contributed by atoms with Gasteiger partial charge in [0.25, 0.3) is 5.91 Å². The molecule has 0 spiro atoms. The lowest BCUT2D eigenvalue weighted by Crippen LogP contribution is -2.34. The summed E-state index contributed by atoms with van der Waals surface area (Å²) in [6.07, 6.45) is 0.397. The van der Waals surface area contributed by atoms with Crippen LogP contribution in [0.25, 0.3) is 0 Å². The van der Waals surface area contributed by atoms with Crippen molar-refractivity contribution in [2.45, 2.75) is 13.3 Å². The second-order valence-electron chi connectivity index (χ2n) is 4.21. The van der Waals surface area contributed by atoms with Gasteiger partial charge >= 0.3 is 0 Å². The molecule has 0 aromatic carbocycles. The molecule has 0 unspecified atom stereocenters. The Morgan fingerprint density at radius 2 is 2.30 bits per heavy atom. The Kier molecular flexibility index (Phi) is 5.11. The van der Waals surface area contributed by atoms with Crippen LogP contribution in [0.3, 0.4) is 0 Å². The van der Waals surface area contributed by atoms with Crippen molar-refractivity contribution in [1.29, 1.82) is 0 Å². The van der Waals surface area contributed by atoms with Crippen LogP contribution >= 0.6 is 23.1 Å². The first-order valence-corrected chi connectivity index (χ1v) is 9.58. The Morgan fingerprint density at radius 1 is 1.50 bits per heavy atom. The standard InChI is InChI=1S/C12H15NO4S3/c1-9-11(19-6-4-17-9)12(14)13-20(15,16)7-3-10-2-5-18-8-10/h2,5,8H,3-4,6-7H2,1H3,(H,13,14). The second kappa shape index (κ2) is 6.64. The van der Waals surface area contributed by atoms with E-state index in [0.29, 0.717) is 29.4 Å². The quantitative estimate of drug-likeness (QED) is 0.888. The van der Waals surface area contributed by atoms with E-state index in [1.807, 2.05) is 16.8 Å². The van der Waals surface area contributed by atoms with E-state index in [0.717, 1.165) is 5.56 Å². The van der Waals surface area contributed by atoms with Gasteiger partial charge in [-0.25, -0.2) is 13.1 Å². The average molecular weight is 333 g/mol. The molecule has 0 atom stereocenters. The normalized spacial score (nSPS) is 15.8. The van der Waals surface area contributed by atoms with Crippen molar-refractivity contribution in [1.82, 2.24) is 4.72 Å². The molecule has 2 rings (SSSR count). The van der Waals surface area contributed by atoms with E-state index in [1.54, 1.807) is 6.92 Å². The van der Waals surface area contributed by atoms with Gasteiger partial charge in [-0.15, -0.1) is 11.8 Å². The minimum Gasteiger partial charge on any atom is -0.496 e. The molecule has 1 amide bonds. The molecule has 0 bridgehead atoms. The molecule has 2 heterocycles. The van der Waals surface area contributed by atoms with Crippen molar-refractivity contribution in [3.8, 4) is 0 Å². The van der Waals surface area contributed by atoms with Crippen LogP contribution in [0.15, 0.2) is 27.5 Å². The molecule has 0 saturated carbocycles. The van der Waals surface area contributed by atoms with E-state index in [4.69, 9.17) is 4.74 Å². The first-order chi connectivity index (χ1) is 9.48. The maximum Gasteiger partial charge on any atom is 0.274 e. The maximum atomic E-state index is 11.9. The van der Waals surface area contributed by atoms with Crippen LogP contribution in [-0.4, -0.2) is 32.4 Å². The number of hydrogen-bond acceptors (Lipinski definition) is 6. The highest BCUT2D eigenvalue weighted by Gasteiger charge is 2.23. The van der Waals surface area contributed by atoms with Crippen LogP contribution in [0, 0.1) is 0 Å². The summed E-state index contributed by atoms with van der Waals surface area (Å²) in [4.78, 5) is 12.3. The van der Waals surface area contributed by atoms with Gasteiger partial charge in [-0.1, -0.05) is 0 Å². The fourth-order valence-corrected chi connectivity index (χ4v) is 4.23. The van der Waals surface area contributed by atoms with Crippen molar-refractivity contribution in [2.24, 2.45) is 0 Å². The summed E-state index contributed by atoms with van der Waals surface area (Å²) in [6.45, 7) is 2.21. The molecule has 0 saturated heterocycles. The molecule has 20 heavy (non-hydrogen) atoms. The number of sulfonamides is 1. The number of ether oxygens (including phenoxy) is 1. The van der Waals surface area contributed by atoms with E-state index in [9.17, 15) is 13.2 Å². The Labute approximate surface area is 126 Å². The van der Waals surface area contributed by atoms with Crippen molar-refractivity contribution < 1.29 is 17.9 Å². The Balaban J connectivity index is 1.95. The molecule has 1 aromatic rings. The minimum absolute atomic E-state index is 0.104. The monoisotopic (exact) mass is 333 g/mol. The van der Waals surface area contributed by atoms with Gasteiger partial charge in [0, 0.05) is 5.75 Å². The van der Waals surface area contributed by atoms with Gasteiger partial charge in [0.15, 0.2) is 0 Å². The van der Waals surface area contributed by atoms with E-state index in [-0.39, 0.29) is 5.75 Å². The summed E-state index contributed by atoms with van der Waals surface area (Å²) in [6, 6.07) is 1.87. The molecule has 5 nitrogen and oxygen atoms in total. The van der Waals surface area contributed by atoms with Gasteiger partial charge in [0.05, 0.1) is 12.4 Å². The summed E-state index contributed by atoms with van der Waals surface area (Å²) in [5.74, 6) is 0.423. The van der Waals surface area contributed by atoms with Crippen molar-refractivity contribution in [2.75, 3.05) is 18.1 Å². The SMILES string of the molecule is CC1=C(C(=O)NS(=O)(=O)CCc2ccsc2)SCCO1. The lowest BCUT2D eigenvalue weighted by molar-refractivity contribution is -0.115. The lowest BCUT2D eigenvalue weighted by atomic mass is 10.3. The van der Waals surface area contributed by atoms with Gasteiger partial charge in [0.2, 0.25) is 10.0 Å². The van der Waals surface area contributed by atoms with E-state index >= 15 is 0 Å². The number of hydrogen-bond donors (Lipinski definition) is 1. The zero-order valence-electron chi connectivity index (χ0n) is 10.9. The van der Waals surface area contributed by atoms with Gasteiger partial charge in [-0.3, -0.25) is 4.79 Å². The first kappa shape index (κ1) is 15.4. The van der Waals surface area contributed by atoms with Crippen LogP contribution in [-0.2, 0) is 26.0 Å². The number of thiophene rings is 1. The summed E-state index contributed by atoms with van der Waals surface area (Å²) >= 11 is 2.83. The molecule has 1 aromatic heterocycles. The van der Waals surface area contributed by atoms with Gasteiger partial charge < -0.3 is 4.74 Å². The number of nitrogens with one attached hydrogen (secondary N) is 1. The number of amides is 1. The van der Waals surface area contributed by atoms with Crippen molar-refractivity contribution >= 4 is 39.0 Å². The van der Waals surface area contributed by atoms with Crippen LogP contribution in [0.2, 0.25) is 0 Å². The van der Waals surface area contributed by atoms with Gasteiger partial charge in [-0.2, -0.15) is 11.3 Å². The largest absolute Gasteiger partial charge is 0.496 e. The highest BCUT2D eigenvalue weighted by atomic mass is 32.2. The molecule has 0 radical (unpaired) electrons. The number of allylic oxidation sites excluding steroid dienone is 1. The number of thioether (sulfide) groups is 1. The summed E-state index contributed by atoms with van der Waals surface area (Å²) < 4.78 is 31.1. The van der Waals surface area contributed by atoms with E-state index < -0.39 is 15.9 Å². The predicted molar refractivity (Wildman–Crippen MR) is 81.1 cm³/mol. The molecule has 0 fully saturated rings. The topological polar surface area (TPSA) is 72.5 Å². The van der Waals surface area contributed by atoms with Crippen LogP contribution in [0.5, 0.6) is 0 Å². The van der Waals surface area contributed by atoms with E-state index in [1.165, 1.54) is 23.1 Å². The fourth-order valence-electron chi connectivity index (χ4n) is 1.66. The third-order valence-corrected chi connectivity index (χ3v) is 5.76. The third-order valence-electron chi connectivity index (χ3n) is 2.66. The van der Waals surface area contributed by atoms with Crippen LogP contribution in [0.1, 0.15) is 12.5 Å². The summed E-state index contributed by atoms with van der Waals surface area (Å²) in [7, 11) is -3.63. The molecule has 1 aliphatic rings. The van der Waals surface area contributed by atoms with Gasteiger partial charge in [-0.05, 0) is 35.7 Å². The van der Waals surface area contributed by atoms with Gasteiger partial charge in [0.1, 0.15) is 10.7 Å². The number of rotatable bonds is 5. The smallest absolute Gasteiger partial charge is 0.274 e. The predicted octanol–water partition coefficient (Wildman–Crippen LogP) is 1.73. The molecular weight excluding hydrogens is 318 g/mol. The number of carbonyl (C=O) groups excluding carboxylic acids is 1. The molecule has 110 valence electrons. The highest BCUT2D eigenvalue weighted by Crippen LogP contribution is 2.25. The Morgan fingerprint density at radius 3 is 2.95 bits per heavy atom. The number of aryl methyl sites for hydroxylation is 1. The molecule has 8 heteroatoms. The fraction of sp³-hybridized carbons (Fsp3) is 0.417. The Hall–Kier alpha value is -0.990. The lowest BCUT2D eigenvalue weighted by Gasteiger charge is -2.17. The number of carbonyl (C=O) groups is 1. The summed E-state index contributed by atoms with van der Waals surface area (Å²) in [5, 5.41) is 3.79. The molecule has 1 N–H and O–H groups in total. The van der Waals surface area contributed by atoms with Crippen LogP contribution in [0.4, 0.5) is 0 Å². The second-order valence-corrected chi connectivity index (χ2v) is 7.94. The van der Waals surface area contributed by atoms with E-state index in [2.05, 4.69) is 4.72 Å². The van der Waals surface area contributed by atoms with Crippen molar-refractivity contribution in [3.05, 3.63) is 33.1 Å². The van der Waals surface area contributed by atoms with Crippen molar-refractivity contribution in [3.63, 3.8) is 0 Å². The Bertz CT molecular complexity index is 605. The molecule has 1 aliphatic heterocycles. The molecule has 0 aliphatic carbocycles. The third kappa shape index (κ3) is 4.26. The maximum absolute atomic E-state index is 11.9. The zero-order chi connectivity index (χ0) is 14.6. The van der Waals surface area contributed by atoms with Crippen LogP contribution < -0.4 is 4.72 Å². The summed E-state index contributed by atoms with van der Waals surface area (Å²) in [5.41, 5.74) is 0.957. The zero-order valence-corrected chi connectivity index (χ0v) is 13.4. The minimum atomic E-state index is -3.63. The highest BCUT2D eigenvalue weighted by molar-refractivity contribution is 8.04. The first-order valence-electron chi connectivity index (χ1n) is 6.00. The molecular formula is C12H15NO4S3.